The number of fused-ring (bicyclic) bond motifs is 1. The highest BCUT2D eigenvalue weighted by atomic mass is 32.2. The number of anilines is 1. The fraction of sp³-hybridized carbons (Fsp3) is 0.158. The van der Waals surface area contributed by atoms with Gasteiger partial charge in [-0.05, 0) is 36.6 Å². The average Bonchev–Trinajstić information content (AvgIpc) is 2.66. The molecule has 0 unspecified atom stereocenters. The van der Waals surface area contributed by atoms with Crippen LogP contribution in [0.3, 0.4) is 0 Å². The van der Waals surface area contributed by atoms with Crippen LogP contribution in [-0.4, -0.2) is 28.1 Å². The van der Waals surface area contributed by atoms with E-state index in [1.54, 1.807) is 30.5 Å². The molecule has 1 aromatic heterocycles. The molecule has 5 nitrogen and oxygen atoms in total. The number of benzene rings is 2. The van der Waals surface area contributed by atoms with Crippen LogP contribution in [-0.2, 0) is 7.05 Å². The van der Waals surface area contributed by atoms with Crippen LogP contribution in [0, 0.1) is 0 Å². The standard InChI is InChI=1S/C19H18N2O3S2/c1-20-15-10-9-13(25-3)11-14(15)17(22)16(18(20)23)19(24)26-21(2)12-7-5-4-6-8-12/h4-11,22H,1-3H3. The van der Waals surface area contributed by atoms with Gasteiger partial charge in [0.2, 0.25) is 5.12 Å². The molecule has 0 saturated carbocycles. The van der Waals surface area contributed by atoms with Crippen molar-refractivity contribution in [2.24, 2.45) is 7.05 Å². The predicted octanol–water partition coefficient (Wildman–Crippen LogP) is 3.89. The van der Waals surface area contributed by atoms with Gasteiger partial charge in [0.25, 0.3) is 5.56 Å². The highest BCUT2D eigenvalue weighted by Crippen LogP contribution is 2.32. The molecular weight excluding hydrogens is 368 g/mol. The molecule has 1 N–H and O–H groups in total. The van der Waals surface area contributed by atoms with E-state index < -0.39 is 10.7 Å². The van der Waals surface area contributed by atoms with Crippen LogP contribution in [0.1, 0.15) is 10.4 Å². The van der Waals surface area contributed by atoms with Crippen LogP contribution in [0.15, 0.2) is 58.2 Å². The number of pyridine rings is 1. The lowest BCUT2D eigenvalue weighted by Crippen LogP contribution is -2.25. The second-order valence-electron chi connectivity index (χ2n) is 5.68. The first-order valence-corrected chi connectivity index (χ1v) is 9.84. The lowest BCUT2D eigenvalue weighted by Gasteiger charge is -2.17. The van der Waals surface area contributed by atoms with Crippen molar-refractivity contribution in [2.45, 2.75) is 4.90 Å². The van der Waals surface area contributed by atoms with Crippen molar-refractivity contribution in [3.8, 4) is 5.75 Å². The fourth-order valence-corrected chi connectivity index (χ4v) is 3.87. The molecule has 7 heteroatoms. The third-order valence-corrected chi connectivity index (χ3v) is 5.70. The summed E-state index contributed by atoms with van der Waals surface area (Å²) >= 11 is 2.40. The van der Waals surface area contributed by atoms with Crippen molar-refractivity contribution in [3.63, 3.8) is 0 Å². The minimum absolute atomic E-state index is 0.203. The van der Waals surface area contributed by atoms with Crippen molar-refractivity contribution in [2.75, 3.05) is 17.6 Å². The Morgan fingerprint density at radius 1 is 1.15 bits per heavy atom. The molecule has 0 bridgehead atoms. The van der Waals surface area contributed by atoms with Gasteiger partial charge in [-0.15, -0.1) is 11.8 Å². The van der Waals surface area contributed by atoms with E-state index in [9.17, 15) is 14.7 Å². The minimum atomic E-state index is -0.508. The van der Waals surface area contributed by atoms with Gasteiger partial charge < -0.3 is 14.0 Å². The molecule has 0 spiro atoms. The molecule has 134 valence electrons. The number of hydrogen-bond acceptors (Lipinski definition) is 6. The van der Waals surface area contributed by atoms with Gasteiger partial charge in [0.05, 0.1) is 5.52 Å². The van der Waals surface area contributed by atoms with Gasteiger partial charge in [-0.1, -0.05) is 18.2 Å². The molecule has 0 radical (unpaired) electrons. The summed E-state index contributed by atoms with van der Waals surface area (Å²) in [6, 6.07) is 14.8. The number of aromatic hydroxyl groups is 1. The number of thioether (sulfide) groups is 1. The Labute approximate surface area is 159 Å². The zero-order chi connectivity index (χ0) is 18.8. The third kappa shape index (κ3) is 3.32. The van der Waals surface area contributed by atoms with Gasteiger partial charge >= 0.3 is 0 Å². The van der Waals surface area contributed by atoms with Crippen LogP contribution < -0.4 is 9.86 Å². The van der Waals surface area contributed by atoms with Gasteiger partial charge in [0.15, 0.2) is 0 Å². The van der Waals surface area contributed by atoms with Crippen molar-refractivity contribution in [1.29, 1.82) is 0 Å². The molecule has 0 fully saturated rings. The molecule has 3 rings (SSSR count). The highest BCUT2D eigenvalue weighted by molar-refractivity contribution is 8.15. The van der Waals surface area contributed by atoms with Crippen molar-refractivity contribution >= 4 is 45.4 Å². The lowest BCUT2D eigenvalue weighted by atomic mass is 10.1. The summed E-state index contributed by atoms with van der Waals surface area (Å²) in [5.41, 5.74) is 0.702. The molecule has 0 aliphatic rings. The van der Waals surface area contributed by atoms with Crippen LogP contribution in [0.2, 0.25) is 0 Å². The van der Waals surface area contributed by atoms with E-state index in [0.717, 1.165) is 22.5 Å². The minimum Gasteiger partial charge on any atom is -0.506 e. The summed E-state index contributed by atoms with van der Waals surface area (Å²) in [5, 5.41) is 10.6. The van der Waals surface area contributed by atoms with Crippen LogP contribution in [0.25, 0.3) is 10.9 Å². The van der Waals surface area contributed by atoms with Gasteiger partial charge in [0, 0.05) is 42.0 Å². The molecule has 0 amide bonds. The zero-order valence-corrected chi connectivity index (χ0v) is 16.2. The molecule has 0 saturated heterocycles. The fourth-order valence-electron chi connectivity index (χ4n) is 2.68. The Hall–Kier alpha value is -2.38. The Bertz CT molecular complexity index is 1030. The maximum Gasteiger partial charge on any atom is 0.266 e. The van der Waals surface area contributed by atoms with Crippen molar-refractivity contribution in [3.05, 3.63) is 64.4 Å². The Morgan fingerprint density at radius 2 is 1.85 bits per heavy atom. The quantitative estimate of drug-likeness (QED) is 0.542. The number of hydrogen-bond donors (Lipinski definition) is 1. The monoisotopic (exact) mass is 386 g/mol. The Balaban J connectivity index is 2.06. The lowest BCUT2D eigenvalue weighted by molar-refractivity contribution is 0.108. The predicted molar refractivity (Wildman–Crippen MR) is 109 cm³/mol. The molecule has 1 heterocycles. The summed E-state index contributed by atoms with van der Waals surface area (Å²) < 4.78 is 3.07. The Kier molecular flexibility index (Phi) is 5.29. The number of carbonyl (C=O) groups is 1. The average molecular weight is 386 g/mol. The van der Waals surface area contributed by atoms with E-state index in [4.69, 9.17) is 0 Å². The van der Waals surface area contributed by atoms with E-state index in [-0.39, 0.29) is 11.3 Å². The molecular formula is C19H18N2O3S2. The van der Waals surface area contributed by atoms with Crippen molar-refractivity contribution in [1.82, 2.24) is 4.57 Å². The maximum absolute atomic E-state index is 12.8. The van der Waals surface area contributed by atoms with E-state index >= 15 is 0 Å². The summed E-state index contributed by atoms with van der Waals surface area (Å²) in [7, 11) is 3.34. The summed E-state index contributed by atoms with van der Waals surface area (Å²) in [5.74, 6) is -0.266. The number of nitrogens with zero attached hydrogens (tertiary/aromatic N) is 2. The Morgan fingerprint density at radius 3 is 2.50 bits per heavy atom. The molecule has 0 aliphatic carbocycles. The second-order valence-corrected chi connectivity index (χ2v) is 7.66. The largest absolute Gasteiger partial charge is 0.506 e. The molecule has 2 aromatic carbocycles. The van der Waals surface area contributed by atoms with E-state index in [2.05, 4.69) is 0 Å². The SMILES string of the molecule is CSc1ccc2c(c1)c(O)c(C(=O)SN(C)c1ccccc1)c(=O)n2C. The van der Waals surface area contributed by atoms with Crippen LogP contribution in [0.4, 0.5) is 5.69 Å². The second kappa shape index (κ2) is 7.47. The highest BCUT2D eigenvalue weighted by Gasteiger charge is 2.23. The molecule has 0 atom stereocenters. The van der Waals surface area contributed by atoms with E-state index in [1.807, 2.05) is 42.7 Å². The first-order valence-electron chi connectivity index (χ1n) is 7.84. The van der Waals surface area contributed by atoms with Crippen LogP contribution in [0.5, 0.6) is 5.75 Å². The molecule has 26 heavy (non-hydrogen) atoms. The topological polar surface area (TPSA) is 62.5 Å². The summed E-state index contributed by atoms with van der Waals surface area (Å²) in [6.07, 6.45) is 1.93. The third-order valence-electron chi connectivity index (χ3n) is 4.12. The van der Waals surface area contributed by atoms with Gasteiger partial charge in [-0.2, -0.15) is 0 Å². The summed E-state index contributed by atoms with van der Waals surface area (Å²) in [6.45, 7) is 0. The first kappa shape index (κ1) is 18.4. The number of aryl methyl sites for hydroxylation is 1. The summed E-state index contributed by atoms with van der Waals surface area (Å²) in [4.78, 5) is 26.4. The van der Waals surface area contributed by atoms with Gasteiger partial charge in [-0.3, -0.25) is 9.59 Å². The normalized spacial score (nSPS) is 10.9. The van der Waals surface area contributed by atoms with Gasteiger partial charge in [0.1, 0.15) is 11.3 Å². The zero-order valence-electron chi connectivity index (χ0n) is 14.6. The smallest absolute Gasteiger partial charge is 0.266 e. The van der Waals surface area contributed by atoms with Crippen molar-refractivity contribution < 1.29 is 9.90 Å². The maximum atomic E-state index is 12.8. The number of para-hydroxylation sites is 1. The molecule has 3 aromatic rings. The first-order chi connectivity index (χ1) is 12.4. The number of carbonyl (C=O) groups excluding carboxylic acids is 1. The van der Waals surface area contributed by atoms with Gasteiger partial charge in [-0.25, -0.2) is 0 Å². The molecule has 0 aliphatic heterocycles. The number of aromatic nitrogens is 1. The van der Waals surface area contributed by atoms with Crippen LogP contribution >= 0.6 is 23.7 Å². The van der Waals surface area contributed by atoms with E-state index in [0.29, 0.717) is 10.9 Å². The van der Waals surface area contributed by atoms with E-state index in [1.165, 1.54) is 16.3 Å². The number of rotatable bonds is 4.